The summed E-state index contributed by atoms with van der Waals surface area (Å²) >= 11 is 0. The zero-order valence-corrected chi connectivity index (χ0v) is 8.02. The molecule has 0 saturated carbocycles. The molecule has 0 amide bonds. The lowest BCUT2D eigenvalue weighted by Gasteiger charge is -2.13. The Morgan fingerprint density at radius 1 is 1.10 bits per heavy atom. The Kier molecular flexibility index (Phi) is 8.17. The van der Waals surface area contributed by atoms with Gasteiger partial charge in [0.25, 0.3) is 0 Å². The average Bonchev–Trinajstić information content (AvgIpc) is 2.12. The highest BCUT2D eigenvalue weighted by Crippen LogP contribution is 1.99. The van der Waals surface area contributed by atoms with Crippen molar-refractivity contribution in [1.29, 1.82) is 0 Å². The molecule has 1 heterocycles. The molecule has 0 aromatic carbocycles. The van der Waals surface area contributed by atoms with Crippen LogP contribution >= 0.6 is 24.8 Å². The van der Waals surface area contributed by atoms with E-state index in [-0.39, 0.29) is 24.8 Å². The zero-order chi connectivity index (χ0) is 5.98. The molecule has 1 fully saturated rings. The van der Waals surface area contributed by atoms with Crippen LogP contribution in [0.5, 0.6) is 0 Å². The van der Waals surface area contributed by atoms with Gasteiger partial charge in [-0.15, -0.1) is 24.8 Å². The van der Waals surface area contributed by atoms with Crippen LogP contribution in [-0.2, 0) is 0 Å². The van der Waals surface area contributed by atoms with Gasteiger partial charge in [0.05, 0.1) is 6.17 Å². The first-order chi connectivity index (χ1) is 3.80. The Morgan fingerprint density at radius 2 is 1.50 bits per heavy atom. The van der Waals surface area contributed by atoms with Crippen LogP contribution in [0.15, 0.2) is 0 Å². The fourth-order valence-electron chi connectivity index (χ4n) is 0.999. The van der Waals surface area contributed by atoms with Crippen molar-refractivity contribution in [2.75, 3.05) is 13.1 Å². The summed E-state index contributed by atoms with van der Waals surface area (Å²) in [6.07, 6.45) is 0.565. The van der Waals surface area contributed by atoms with E-state index in [1.807, 2.05) is 0 Å². The molecule has 1 rings (SSSR count). The lowest BCUT2D eigenvalue weighted by Crippen LogP contribution is -2.35. The van der Waals surface area contributed by atoms with E-state index >= 15 is 0 Å². The van der Waals surface area contributed by atoms with Gasteiger partial charge in [0.1, 0.15) is 0 Å². The molecule has 10 heavy (non-hydrogen) atoms. The molecule has 2 N–H and O–H groups in total. The molecule has 64 valence electrons. The van der Waals surface area contributed by atoms with Crippen molar-refractivity contribution < 1.29 is 0 Å². The van der Waals surface area contributed by atoms with Crippen LogP contribution < -0.4 is 10.6 Å². The molecule has 1 aliphatic rings. The maximum atomic E-state index is 3.34. The predicted molar refractivity (Wildman–Crippen MR) is 49.1 cm³/mol. The van der Waals surface area contributed by atoms with Crippen LogP contribution in [0.2, 0.25) is 0 Å². The Hall–Kier alpha value is 0.500. The molecule has 0 radical (unpaired) electrons. The number of halogens is 2. The molecule has 0 bridgehead atoms. The van der Waals surface area contributed by atoms with Crippen molar-refractivity contribution in [2.45, 2.75) is 20.0 Å². The molecule has 0 spiro atoms. The van der Waals surface area contributed by atoms with E-state index in [4.69, 9.17) is 0 Å². The zero-order valence-electron chi connectivity index (χ0n) is 6.39. The second kappa shape index (κ2) is 6.23. The molecule has 1 saturated heterocycles. The first-order valence-corrected chi connectivity index (χ1v) is 3.27. The predicted octanol–water partition coefficient (Wildman–Crippen LogP) is 1.00. The third kappa shape index (κ3) is 3.62. The summed E-state index contributed by atoms with van der Waals surface area (Å²) in [5.41, 5.74) is 0. The monoisotopic (exact) mass is 186 g/mol. The standard InChI is InChI=1S/C6H14N2.2ClH/c1-5(2)6-7-3-4-8-6;;/h5-8H,3-4H2,1-2H3;2*1H. The van der Waals surface area contributed by atoms with Gasteiger partial charge in [0.15, 0.2) is 0 Å². The average molecular weight is 187 g/mol. The van der Waals surface area contributed by atoms with Crippen molar-refractivity contribution in [3.05, 3.63) is 0 Å². The van der Waals surface area contributed by atoms with Gasteiger partial charge in [0, 0.05) is 13.1 Å². The van der Waals surface area contributed by atoms with E-state index in [1.54, 1.807) is 0 Å². The highest BCUT2D eigenvalue weighted by Gasteiger charge is 2.15. The largest absolute Gasteiger partial charge is 0.300 e. The SMILES string of the molecule is CC(C)C1NCCN1.Cl.Cl. The van der Waals surface area contributed by atoms with Gasteiger partial charge < -0.3 is 10.6 Å². The highest BCUT2D eigenvalue weighted by atomic mass is 35.5. The van der Waals surface area contributed by atoms with Gasteiger partial charge in [-0.1, -0.05) is 13.8 Å². The number of rotatable bonds is 1. The van der Waals surface area contributed by atoms with Gasteiger partial charge >= 0.3 is 0 Å². The van der Waals surface area contributed by atoms with Crippen molar-refractivity contribution in [1.82, 2.24) is 10.6 Å². The molecule has 1 aliphatic heterocycles. The van der Waals surface area contributed by atoms with Crippen LogP contribution in [-0.4, -0.2) is 19.3 Å². The summed E-state index contributed by atoms with van der Waals surface area (Å²) in [7, 11) is 0. The van der Waals surface area contributed by atoms with E-state index in [0.717, 1.165) is 19.0 Å². The molecule has 4 heteroatoms. The van der Waals surface area contributed by atoms with E-state index in [9.17, 15) is 0 Å². The smallest absolute Gasteiger partial charge is 0.0596 e. The number of hydrogen-bond acceptors (Lipinski definition) is 2. The van der Waals surface area contributed by atoms with Crippen molar-refractivity contribution >= 4 is 24.8 Å². The Labute approximate surface area is 75.0 Å². The minimum atomic E-state index is 0. The number of hydrogen-bond donors (Lipinski definition) is 2. The van der Waals surface area contributed by atoms with Crippen LogP contribution in [0.25, 0.3) is 0 Å². The van der Waals surface area contributed by atoms with Crippen LogP contribution in [0.3, 0.4) is 0 Å². The molecular weight excluding hydrogens is 171 g/mol. The third-order valence-electron chi connectivity index (χ3n) is 1.52. The normalized spacial score (nSPS) is 18.3. The van der Waals surface area contributed by atoms with E-state index in [1.165, 1.54) is 0 Å². The Balaban J connectivity index is 0. The van der Waals surface area contributed by atoms with Crippen LogP contribution in [0.4, 0.5) is 0 Å². The fourth-order valence-corrected chi connectivity index (χ4v) is 0.999. The summed E-state index contributed by atoms with van der Waals surface area (Å²) in [5, 5.41) is 6.69. The van der Waals surface area contributed by atoms with Crippen molar-refractivity contribution in [2.24, 2.45) is 5.92 Å². The molecule has 2 nitrogen and oxygen atoms in total. The summed E-state index contributed by atoms with van der Waals surface area (Å²) < 4.78 is 0. The van der Waals surface area contributed by atoms with Gasteiger partial charge in [-0.05, 0) is 5.92 Å². The van der Waals surface area contributed by atoms with Gasteiger partial charge in [-0.2, -0.15) is 0 Å². The molecule has 0 unspecified atom stereocenters. The summed E-state index contributed by atoms with van der Waals surface area (Å²) in [4.78, 5) is 0. The molecule has 0 atom stereocenters. The summed E-state index contributed by atoms with van der Waals surface area (Å²) in [6.45, 7) is 6.69. The molecular formula is C6H16Cl2N2. The number of nitrogens with one attached hydrogen (secondary N) is 2. The minimum absolute atomic E-state index is 0. The third-order valence-corrected chi connectivity index (χ3v) is 1.52. The first-order valence-electron chi connectivity index (χ1n) is 3.27. The minimum Gasteiger partial charge on any atom is -0.300 e. The van der Waals surface area contributed by atoms with Crippen LogP contribution in [0, 0.1) is 5.92 Å². The van der Waals surface area contributed by atoms with E-state index in [2.05, 4.69) is 24.5 Å². The summed E-state index contributed by atoms with van der Waals surface area (Å²) in [5.74, 6) is 0.720. The maximum Gasteiger partial charge on any atom is 0.0596 e. The molecule has 0 aromatic rings. The van der Waals surface area contributed by atoms with E-state index < -0.39 is 0 Å². The lowest BCUT2D eigenvalue weighted by atomic mass is 10.2. The first kappa shape index (κ1) is 13.1. The highest BCUT2D eigenvalue weighted by molar-refractivity contribution is 5.85. The lowest BCUT2D eigenvalue weighted by molar-refractivity contribution is 0.416. The van der Waals surface area contributed by atoms with Crippen molar-refractivity contribution in [3.63, 3.8) is 0 Å². The fraction of sp³-hybridized carbons (Fsp3) is 1.00. The van der Waals surface area contributed by atoms with Crippen LogP contribution in [0.1, 0.15) is 13.8 Å². The Morgan fingerprint density at radius 3 is 1.70 bits per heavy atom. The second-order valence-corrected chi connectivity index (χ2v) is 2.63. The molecule has 0 aromatic heterocycles. The van der Waals surface area contributed by atoms with E-state index in [0.29, 0.717) is 6.17 Å². The van der Waals surface area contributed by atoms with Gasteiger partial charge in [-0.3, -0.25) is 0 Å². The molecule has 0 aliphatic carbocycles. The van der Waals surface area contributed by atoms with Gasteiger partial charge in [-0.25, -0.2) is 0 Å². The second-order valence-electron chi connectivity index (χ2n) is 2.63. The quantitative estimate of drug-likeness (QED) is 0.640. The van der Waals surface area contributed by atoms with Gasteiger partial charge in [0.2, 0.25) is 0 Å². The van der Waals surface area contributed by atoms with Crippen molar-refractivity contribution in [3.8, 4) is 0 Å². The topological polar surface area (TPSA) is 24.1 Å². The maximum absolute atomic E-state index is 3.34. The summed E-state index contributed by atoms with van der Waals surface area (Å²) in [6, 6.07) is 0. The Bertz CT molecular complexity index is 72.1.